The standard InChI is InChI=1S/C21H22N6O2/c1-13-10-27(11-14(2)24-13)20-4-3-18(25-26-20)21-19(29)8-16(9-23-21)15-5-6-22-17(7-15)12-28/h3-9,12-14,24,29H,10-11H2,1-2H3/t13-,14+. The van der Waals surface area contributed by atoms with Gasteiger partial charge in [0.25, 0.3) is 0 Å². The topological polar surface area (TPSA) is 104 Å². The van der Waals surface area contributed by atoms with Crippen LogP contribution in [-0.4, -0.2) is 56.7 Å². The molecule has 3 aromatic rings. The van der Waals surface area contributed by atoms with Gasteiger partial charge in [-0.25, -0.2) is 4.98 Å². The van der Waals surface area contributed by atoms with E-state index < -0.39 is 0 Å². The molecule has 29 heavy (non-hydrogen) atoms. The van der Waals surface area contributed by atoms with Gasteiger partial charge in [0, 0.05) is 43.1 Å². The molecule has 3 aromatic heterocycles. The molecule has 4 rings (SSSR count). The predicted octanol–water partition coefficient (Wildman–Crippen LogP) is 2.31. The average Bonchev–Trinajstić information content (AvgIpc) is 2.73. The Kier molecular flexibility index (Phi) is 5.18. The summed E-state index contributed by atoms with van der Waals surface area (Å²) in [6.07, 6.45) is 3.86. The lowest BCUT2D eigenvalue weighted by Crippen LogP contribution is -2.54. The van der Waals surface area contributed by atoms with E-state index in [1.165, 1.54) is 0 Å². The second-order valence-electron chi connectivity index (χ2n) is 7.33. The second-order valence-corrected chi connectivity index (χ2v) is 7.33. The van der Waals surface area contributed by atoms with Crippen molar-refractivity contribution in [2.24, 2.45) is 0 Å². The first-order valence-electron chi connectivity index (χ1n) is 9.49. The van der Waals surface area contributed by atoms with Gasteiger partial charge in [-0.05, 0) is 49.7 Å². The highest BCUT2D eigenvalue weighted by molar-refractivity contribution is 5.77. The zero-order chi connectivity index (χ0) is 20.4. The molecule has 148 valence electrons. The number of carbonyl (C=O) groups is 1. The summed E-state index contributed by atoms with van der Waals surface area (Å²) in [6.45, 7) is 6.03. The molecule has 1 aliphatic heterocycles. The Hall–Kier alpha value is -3.39. The molecule has 1 saturated heterocycles. The molecule has 4 heterocycles. The molecule has 0 saturated carbocycles. The summed E-state index contributed by atoms with van der Waals surface area (Å²) in [7, 11) is 0. The van der Waals surface area contributed by atoms with Crippen molar-refractivity contribution in [1.82, 2.24) is 25.5 Å². The molecule has 0 aromatic carbocycles. The summed E-state index contributed by atoms with van der Waals surface area (Å²) in [5, 5.41) is 22.6. The fourth-order valence-corrected chi connectivity index (χ4v) is 3.63. The van der Waals surface area contributed by atoms with E-state index in [1.54, 1.807) is 30.6 Å². The minimum absolute atomic E-state index is 0.00145. The maximum absolute atomic E-state index is 10.9. The molecule has 8 heteroatoms. The summed E-state index contributed by atoms with van der Waals surface area (Å²) < 4.78 is 0. The van der Waals surface area contributed by atoms with Gasteiger partial charge in [0.1, 0.15) is 22.8 Å². The normalized spacial score (nSPS) is 19.2. The highest BCUT2D eigenvalue weighted by Gasteiger charge is 2.22. The van der Waals surface area contributed by atoms with Crippen LogP contribution in [0.4, 0.5) is 5.82 Å². The third kappa shape index (κ3) is 4.07. The third-order valence-corrected chi connectivity index (χ3v) is 4.88. The van der Waals surface area contributed by atoms with E-state index in [4.69, 9.17) is 0 Å². The fourth-order valence-electron chi connectivity index (χ4n) is 3.63. The molecule has 0 aliphatic carbocycles. The van der Waals surface area contributed by atoms with Crippen molar-refractivity contribution in [2.75, 3.05) is 18.0 Å². The van der Waals surface area contributed by atoms with Crippen molar-refractivity contribution < 1.29 is 9.90 Å². The van der Waals surface area contributed by atoms with Gasteiger partial charge in [-0.15, -0.1) is 10.2 Å². The van der Waals surface area contributed by atoms with Gasteiger partial charge >= 0.3 is 0 Å². The molecule has 1 fully saturated rings. The molecular weight excluding hydrogens is 368 g/mol. The number of rotatable bonds is 4. The number of anilines is 1. The van der Waals surface area contributed by atoms with Crippen LogP contribution >= 0.6 is 0 Å². The van der Waals surface area contributed by atoms with Crippen LogP contribution in [0.25, 0.3) is 22.5 Å². The largest absolute Gasteiger partial charge is 0.506 e. The van der Waals surface area contributed by atoms with Crippen LogP contribution in [-0.2, 0) is 0 Å². The number of nitrogens with zero attached hydrogens (tertiary/aromatic N) is 5. The van der Waals surface area contributed by atoms with Crippen LogP contribution < -0.4 is 10.2 Å². The molecule has 8 nitrogen and oxygen atoms in total. The number of piperazine rings is 1. The number of nitrogens with one attached hydrogen (secondary N) is 1. The smallest absolute Gasteiger partial charge is 0.168 e. The summed E-state index contributed by atoms with van der Waals surface area (Å²) in [6, 6.07) is 9.49. The molecule has 2 N–H and O–H groups in total. The average molecular weight is 390 g/mol. The van der Waals surface area contributed by atoms with E-state index in [2.05, 4.69) is 44.2 Å². The van der Waals surface area contributed by atoms with Crippen molar-refractivity contribution in [3.63, 3.8) is 0 Å². The minimum atomic E-state index is -0.00145. The van der Waals surface area contributed by atoms with Crippen LogP contribution in [0, 0.1) is 0 Å². The number of carbonyl (C=O) groups excluding carboxylic acids is 1. The van der Waals surface area contributed by atoms with Crippen LogP contribution in [0.15, 0.2) is 42.7 Å². The van der Waals surface area contributed by atoms with Crippen molar-refractivity contribution in [2.45, 2.75) is 25.9 Å². The van der Waals surface area contributed by atoms with E-state index in [0.717, 1.165) is 24.5 Å². The SMILES string of the molecule is C[C@@H]1CN(c2ccc(-c3ncc(-c4ccnc(C=O)c4)cc3O)nn2)C[C@H](C)N1. The van der Waals surface area contributed by atoms with Crippen molar-refractivity contribution in [3.05, 3.63) is 48.4 Å². The Morgan fingerprint density at radius 2 is 1.86 bits per heavy atom. The first-order valence-corrected chi connectivity index (χ1v) is 9.49. The first kappa shape index (κ1) is 18.9. The lowest BCUT2D eigenvalue weighted by Gasteiger charge is -2.36. The molecule has 0 spiro atoms. The van der Waals surface area contributed by atoms with E-state index >= 15 is 0 Å². The van der Waals surface area contributed by atoms with E-state index in [0.29, 0.717) is 41.0 Å². The Morgan fingerprint density at radius 3 is 2.52 bits per heavy atom. The first-order chi connectivity index (χ1) is 14.0. The number of aldehydes is 1. The zero-order valence-corrected chi connectivity index (χ0v) is 16.3. The number of aromatic nitrogens is 4. The Balaban J connectivity index is 1.57. The monoisotopic (exact) mass is 390 g/mol. The van der Waals surface area contributed by atoms with Crippen molar-refractivity contribution in [1.29, 1.82) is 0 Å². The summed E-state index contributed by atoms with van der Waals surface area (Å²) in [4.78, 5) is 21.4. The molecule has 0 amide bonds. The second kappa shape index (κ2) is 7.92. The van der Waals surface area contributed by atoms with Gasteiger partial charge in [0.05, 0.1) is 0 Å². The van der Waals surface area contributed by atoms with Crippen LogP contribution in [0.3, 0.4) is 0 Å². The Bertz CT molecular complexity index is 1010. The number of hydrogen-bond donors (Lipinski definition) is 2. The molecule has 0 radical (unpaired) electrons. The summed E-state index contributed by atoms with van der Waals surface area (Å²) in [5.74, 6) is 0.807. The van der Waals surface area contributed by atoms with Gasteiger partial charge in [0.15, 0.2) is 12.1 Å². The van der Waals surface area contributed by atoms with Crippen molar-refractivity contribution in [3.8, 4) is 28.3 Å². The third-order valence-electron chi connectivity index (χ3n) is 4.88. The van der Waals surface area contributed by atoms with Crippen LogP contribution in [0.2, 0.25) is 0 Å². The highest BCUT2D eigenvalue weighted by Crippen LogP contribution is 2.30. The number of hydrogen-bond acceptors (Lipinski definition) is 8. The minimum Gasteiger partial charge on any atom is -0.506 e. The maximum atomic E-state index is 10.9. The lowest BCUT2D eigenvalue weighted by atomic mass is 10.1. The molecular formula is C21H22N6O2. The van der Waals surface area contributed by atoms with Crippen molar-refractivity contribution >= 4 is 12.1 Å². The van der Waals surface area contributed by atoms with Gasteiger partial charge in [0.2, 0.25) is 0 Å². The van der Waals surface area contributed by atoms with E-state index in [1.807, 2.05) is 12.1 Å². The van der Waals surface area contributed by atoms with Gasteiger partial charge in [-0.3, -0.25) is 9.78 Å². The quantitative estimate of drug-likeness (QED) is 0.654. The molecule has 1 aliphatic rings. The van der Waals surface area contributed by atoms with Crippen LogP contribution in [0.5, 0.6) is 5.75 Å². The highest BCUT2D eigenvalue weighted by atomic mass is 16.3. The maximum Gasteiger partial charge on any atom is 0.168 e. The van der Waals surface area contributed by atoms with Crippen LogP contribution in [0.1, 0.15) is 24.3 Å². The predicted molar refractivity (Wildman–Crippen MR) is 110 cm³/mol. The molecule has 2 atom stereocenters. The van der Waals surface area contributed by atoms with Gasteiger partial charge < -0.3 is 15.3 Å². The van der Waals surface area contributed by atoms with Gasteiger partial charge in [-0.1, -0.05) is 0 Å². The summed E-state index contributed by atoms with van der Waals surface area (Å²) in [5.41, 5.74) is 2.62. The van der Waals surface area contributed by atoms with E-state index in [-0.39, 0.29) is 5.75 Å². The summed E-state index contributed by atoms with van der Waals surface area (Å²) >= 11 is 0. The molecule has 0 bridgehead atoms. The lowest BCUT2D eigenvalue weighted by molar-refractivity contribution is 0.111. The Labute approximate surface area is 168 Å². The molecule has 0 unspecified atom stereocenters. The van der Waals surface area contributed by atoms with E-state index in [9.17, 15) is 9.90 Å². The van der Waals surface area contributed by atoms with Gasteiger partial charge in [-0.2, -0.15) is 0 Å². The number of aromatic hydroxyl groups is 1. The number of pyridine rings is 2. The fraction of sp³-hybridized carbons (Fsp3) is 0.286. The Morgan fingerprint density at radius 1 is 1.07 bits per heavy atom. The zero-order valence-electron chi connectivity index (χ0n) is 16.3.